The van der Waals surface area contributed by atoms with Crippen molar-refractivity contribution in [1.29, 1.82) is 0 Å². The fourth-order valence-corrected chi connectivity index (χ4v) is 1.76. The van der Waals surface area contributed by atoms with Crippen LogP contribution in [-0.4, -0.2) is 51.6 Å². The molecule has 18 heavy (non-hydrogen) atoms. The lowest BCUT2D eigenvalue weighted by Crippen LogP contribution is -2.53. The minimum atomic E-state index is -0.425. The van der Waals surface area contributed by atoms with Crippen LogP contribution in [0.15, 0.2) is 18.5 Å². The zero-order valence-electron chi connectivity index (χ0n) is 9.82. The third-order valence-electron chi connectivity index (χ3n) is 2.65. The van der Waals surface area contributed by atoms with Crippen molar-refractivity contribution in [3.63, 3.8) is 0 Å². The Labute approximate surface area is 104 Å². The lowest BCUT2D eigenvalue weighted by atomic mass is 10.2. The van der Waals surface area contributed by atoms with Gasteiger partial charge < -0.3 is 5.11 Å². The SMILES string of the molecule is O=C1CCN(c2ncccn2)C(=O)N1CCCO. The van der Waals surface area contributed by atoms with Crippen LogP contribution in [0.3, 0.4) is 0 Å². The lowest BCUT2D eigenvalue weighted by molar-refractivity contribution is -0.128. The quantitative estimate of drug-likeness (QED) is 0.814. The summed E-state index contributed by atoms with van der Waals surface area (Å²) in [4.78, 5) is 34.3. The van der Waals surface area contributed by atoms with Gasteiger partial charge >= 0.3 is 6.03 Å². The van der Waals surface area contributed by atoms with Crippen molar-refractivity contribution in [2.24, 2.45) is 0 Å². The van der Waals surface area contributed by atoms with Crippen LogP contribution >= 0.6 is 0 Å². The maximum absolute atomic E-state index is 12.1. The summed E-state index contributed by atoms with van der Waals surface area (Å²) in [5.41, 5.74) is 0. The summed E-state index contributed by atoms with van der Waals surface area (Å²) in [5, 5.41) is 8.76. The molecule has 2 rings (SSSR count). The van der Waals surface area contributed by atoms with Crippen molar-refractivity contribution in [2.75, 3.05) is 24.6 Å². The number of nitrogens with zero attached hydrogens (tertiary/aromatic N) is 4. The number of hydrogen-bond acceptors (Lipinski definition) is 5. The molecule has 2 heterocycles. The first kappa shape index (κ1) is 12.4. The van der Waals surface area contributed by atoms with Gasteiger partial charge in [-0.15, -0.1) is 0 Å². The number of aromatic nitrogens is 2. The standard InChI is InChI=1S/C11H14N4O3/c16-8-2-6-14-9(17)3-7-15(11(14)18)10-12-4-1-5-13-10/h1,4-5,16H,2-3,6-8H2. The number of hydrogen-bond donors (Lipinski definition) is 1. The average Bonchev–Trinajstić information content (AvgIpc) is 2.40. The largest absolute Gasteiger partial charge is 0.396 e. The maximum atomic E-state index is 12.1. The van der Waals surface area contributed by atoms with Crippen molar-refractivity contribution >= 4 is 17.9 Å². The molecule has 7 heteroatoms. The molecule has 1 aromatic heterocycles. The molecule has 1 aliphatic heterocycles. The highest BCUT2D eigenvalue weighted by molar-refractivity contribution is 6.04. The van der Waals surface area contributed by atoms with Gasteiger partial charge in [0.05, 0.1) is 0 Å². The van der Waals surface area contributed by atoms with E-state index in [1.54, 1.807) is 18.5 Å². The molecule has 0 radical (unpaired) electrons. The Morgan fingerprint density at radius 3 is 2.67 bits per heavy atom. The predicted octanol–water partition coefficient (Wildman–Crippen LogP) is 0.0177. The van der Waals surface area contributed by atoms with Crippen molar-refractivity contribution in [3.8, 4) is 0 Å². The molecule has 0 saturated carbocycles. The van der Waals surface area contributed by atoms with E-state index in [0.29, 0.717) is 12.4 Å². The number of imide groups is 1. The minimum absolute atomic E-state index is 0.0566. The molecule has 0 aromatic carbocycles. The van der Waals surface area contributed by atoms with Crippen LogP contribution in [0.1, 0.15) is 12.8 Å². The molecule has 7 nitrogen and oxygen atoms in total. The second-order valence-electron chi connectivity index (χ2n) is 3.86. The lowest BCUT2D eigenvalue weighted by Gasteiger charge is -2.32. The van der Waals surface area contributed by atoms with Crippen molar-refractivity contribution in [1.82, 2.24) is 14.9 Å². The number of urea groups is 1. The highest BCUT2D eigenvalue weighted by atomic mass is 16.3. The number of anilines is 1. The van der Waals surface area contributed by atoms with Gasteiger partial charge in [0.15, 0.2) is 0 Å². The molecule has 0 atom stereocenters. The number of carbonyl (C=O) groups is 2. The minimum Gasteiger partial charge on any atom is -0.396 e. The van der Waals surface area contributed by atoms with Crippen molar-refractivity contribution in [2.45, 2.75) is 12.8 Å². The highest BCUT2D eigenvalue weighted by Crippen LogP contribution is 2.16. The normalized spacial score (nSPS) is 16.3. The maximum Gasteiger partial charge on any atom is 0.333 e. The second kappa shape index (κ2) is 5.54. The first-order chi connectivity index (χ1) is 8.74. The van der Waals surface area contributed by atoms with Gasteiger partial charge in [-0.3, -0.25) is 14.6 Å². The second-order valence-corrected chi connectivity index (χ2v) is 3.86. The molecule has 1 saturated heterocycles. The van der Waals surface area contributed by atoms with Gasteiger partial charge in [-0.1, -0.05) is 0 Å². The topological polar surface area (TPSA) is 86.6 Å². The van der Waals surface area contributed by atoms with E-state index in [2.05, 4.69) is 9.97 Å². The zero-order chi connectivity index (χ0) is 13.0. The third kappa shape index (κ3) is 2.45. The van der Waals surface area contributed by atoms with Crippen LogP contribution in [0, 0.1) is 0 Å². The van der Waals surface area contributed by atoms with E-state index in [-0.39, 0.29) is 32.0 Å². The molecule has 1 aliphatic rings. The smallest absolute Gasteiger partial charge is 0.333 e. The Bertz CT molecular complexity index is 437. The molecular formula is C11H14N4O3. The molecule has 3 amide bonds. The van der Waals surface area contributed by atoms with Gasteiger partial charge in [-0.05, 0) is 12.5 Å². The van der Waals surface area contributed by atoms with Gasteiger partial charge in [0.25, 0.3) is 0 Å². The molecular weight excluding hydrogens is 236 g/mol. The first-order valence-corrected chi connectivity index (χ1v) is 5.74. The molecule has 1 aromatic rings. The van der Waals surface area contributed by atoms with Crippen LogP contribution in [0.5, 0.6) is 0 Å². The molecule has 0 bridgehead atoms. The van der Waals surface area contributed by atoms with Crippen molar-refractivity contribution in [3.05, 3.63) is 18.5 Å². The van der Waals surface area contributed by atoms with Gasteiger partial charge in [-0.2, -0.15) is 0 Å². The molecule has 0 unspecified atom stereocenters. The summed E-state index contributed by atoms with van der Waals surface area (Å²) in [7, 11) is 0. The molecule has 0 spiro atoms. The molecule has 1 N–H and O–H groups in total. The summed E-state index contributed by atoms with van der Waals surface area (Å²) in [5.74, 6) is 0.0737. The Kier molecular flexibility index (Phi) is 3.83. The number of amides is 3. The number of aliphatic hydroxyl groups excluding tert-OH is 1. The highest BCUT2D eigenvalue weighted by Gasteiger charge is 2.33. The number of aliphatic hydroxyl groups is 1. The van der Waals surface area contributed by atoms with E-state index in [4.69, 9.17) is 5.11 Å². The van der Waals surface area contributed by atoms with E-state index >= 15 is 0 Å². The van der Waals surface area contributed by atoms with E-state index in [1.165, 1.54) is 4.90 Å². The Balaban J connectivity index is 2.14. The van der Waals surface area contributed by atoms with Crippen LogP contribution in [-0.2, 0) is 4.79 Å². The van der Waals surface area contributed by atoms with E-state index in [0.717, 1.165) is 4.90 Å². The van der Waals surface area contributed by atoms with E-state index in [9.17, 15) is 9.59 Å². The van der Waals surface area contributed by atoms with Crippen molar-refractivity contribution < 1.29 is 14.7 Å². The van der Waals surface area contributed by atoms with Gasteiger partial charge in [-0.25, -0.2) is 14.8 Å². The van der Waals surface area contributed by atoms with E-state index < -0.39 is 6.03 Å². The summed E-state index contributed by atoms with van der Waals surface area (Å²) in [6.45, 7) is 0.452. The van der Waals surface area contributed by atoms with Crippen LogP contribution in [0.25, 0.3) is 0 Å². The zero-order valence-corrected chi connectivity index (χ0v) is 9.82. The predicted molar refractivity (Wildman–Crippen MR) is 62.8 cm³/mol. The Morgan fingerprint density at radius 2 is 2.00 bits per heavy atom. The third-order valence-corrected chi connectivity index (χ3v) is 2.65. The number of rotatable bonds is 4. The fourth-order valence-electron chi connectivity index (χ4n) is 1.76. The summed E-state index contributed by atoms with van der Waals surface area (Å²) < 4.78 is 0. The van der Waals surface area contributed by atoms with Gasteiger partial charge in [0, 0.05) is 38.5 Å². The molecule has 0 aliphatic carbocycles. The molecule has 1 fully saturated rings. The Hall–Kier alpha value is -2.02. The summed E-state index contributed by atoms with van der Waals surface area (Å²) in [6, 6.07) is 1.23. The van der Waals surface area contributed by atoms with Gasteiger partial charge in [0.2, 0.25) is 11.9 Å². The molecule has 96 valence electrons. The Morgan fingerprint density at radius 1 is 1.28 bits per heavy atom. The monoisotopic (exact) mass is 250 g/mol. The average molecular weight is 250 g/mol. The summed E-state index contributed by atoms with van der Waals surface area (Å²) >= 11 is 0. The van der Waals surface area contributed by atoms with Crippen LogP contribution in [0.2, 0.25) is 0 Å². The van der Waals surface area contributed by atoms with Crippen LogP contribution < -0.4 is 4.90 Å². The van der Waals surface area contributed by atoms with Gasteiger partial charge in [0.1, 0.15) is 0 Å². The number of carbonyl (C=O) groups excluding carboxylic acids is 2. The first-order valence-electron chi connectivity index (χ1n) is 5.74. The fraction of sp³-hybridized carbons (Fsp3) is 0.455. The summed E-state index contributed by atoms with van der Waals surface area (Å²) in [6.07, 6.45) is 3.71. The van der Waals surface area contributed by atoms with E-state index in [1.807, 2.05) is 0 Å². The van der Waals surface area contributed by atoms with Crippen LogP contribution in [0.4, 0.5) is 10.7 Å².